The first kappa shape index (κ1) is 12.8. The smallest absolute Gasteiger partial charge is 0.126 e. The second-order valence-corrected chi connectivity index (χ2v) is 4.73. The van der Waals surface area contributed by atoms with Crippen LogP contribution in [0.3, 0.4) is 0 Å². The first-order valence-electron chi connectivity index (χ1n) is 6.30. The molecule has 3 aromatic rings. The highest BCUT2D eigenvalue weighted by Gasteiger charge is 2.07. The molecule has 3 rings (SSSR count). The quantitative estimate of drug-likeness (QED) is 0.776. The van der Waals surface area contributed by atoms with Crippen molar-refractivity contribution in [2.75, 3.05) is 0 Å². The SMILES string of the molecule is OCc1cccc2ccn(Cc3cc(F)cc(F)c3)c12. The molecule has 0 radical (unpaired) electrons. The lowest BCUT2D eigenvalue weighted by Crippen LogP contribution is -2.01. The molecule has 2 nitrogen and oxygen atoms in total. The van der Waals surface area contributed by atoms with Crippen molar-refractivity contribution >= 4 is 10.9 Å². The number of halogens is 2. The van der Waals surface area contributed by atoms with Crippen molar-refractivity contribution in [3.05, 3.63) is 71.4 Å². The Balaban J connectivity index is 2.06. The highest BCUT2D eigenvalue weighted by Crippen LogP contribution is 2.22. The summed E-state index contributed by atoms with van der Waals surface area (Å²) in [5.74, 6) is -1.17. The van der Waals surface area contributed by atoms with Crippen LogP contribution in [0.5, 0.6) is 0 Å². The number of fused-ring (bicyclic) bond motifs is 1. The molecule has 0 amide bonds. The van der Waals surface area contributed by atoms with Gasteiger partial charge in [0.2, 0.25) is 0 Å². The number of aliphatic hydroxyl groups excluding tert-OH is 1. The van der Waals surface area contributed by atoms with Gasteiger partial charge in [-0.25, -0.2) is 8.78 Å². The molecule has 0 spiro atoms. The van der Waals surface area contributed by atoms with E-state index >= 15 is 0 Å². The Morgan fingerprint density at radius 2 is 1.75 bits per heavy atom. The Morgan fingerprint density at radius 3 is 2.45 bits per heavy atom. The van der Waals surface area contributed by atoms with Crippen LogP contribution in [-0.4, -0.2) is 9.67 Å². The van der Waals surface area contributed by atoms with Crippen molar-refractivity contribution in [1.29, 1.82) is 0 Å². The first-order valence-corrected chi connectivity index (χ1v) is 6.30. The summed E-state index contributed by atoms with van der Waals surface area (Å²) in [5, 5.41) is 10.4. The third-order valence-corrected chi connectivity index (χ3v) is 3.32. The van der Waals surface area contributed by atoms with E-state index < -0.39 is 11.6 Å². The zero-order valence-electron chi connectivity index (χ0n) is 10.7. The van der Waals surface area contributed by atoms with Crippen LogP contribution in [0, 0.1) is 11.6 Å². The Morgan fingerprint density at radius 1 is 1.00 bits per heavy atom. The molecule has 0 aliphatic heterocycles. The zero-order chi connectivity index (χ0) is 14.1. The lowest BCUT2D eigenvalue weighted by molar-refractivity contribution is 0.283. The molecule has 102 valence electrons. The molecule has 0 aliphatic carbocycles. The van der Waals surface area contributed by atoms with Crippen LogP contribution in [-0.2, 0) is 13.2 Å². The molecule has 0 atom stereocenters. The molecule has 0 unspecified atom stereocenters. The average molecular weight is 273 g/mol. The van der Waals surface area contributed by atoms with Crippen molar-refractivity contribution < 1.29 is 13.9 Å². The highest BCUT2D eigenvalue weighted by atomic mass is 19.1. The monoisotopic (exact) mass is 273 g/mol. The summed E-state index contributed by atoms with van der Waals surface area (Å²) in [4.78, 5) is 0. The molecule has 0 saturated heterocycles. The summed E-state index contributed by atoms with van der Waals surface area (Å²) >= 11 is 0. The fourth-order valence-electron chi connectivity index (χ4n) is 2.50. The van der Waals surface area contributed by atoms with Gasteiger partial charge in [-0.1, -0.05) is 18.2 Å². The third kappa shape index (κ3) is 2.30. The topological polar surface area (TPSA) is 25.2 Å². The largest absolute Gasteiger partial charge is 0.392 e. The van der Waals surface area contributed by atoms with Crippen LogP contribution < -0.4 is 0 Å². The number of benzene rings is 2. The van der Waals surface area contributed by atoms with Gasteiger partial charge in [0.05, 0.1) is 12.1 Å². The van der Waals surface area contributed by atoms with Crippen molar-refractivity contribution in [2.24, 2.45) is 0 Å². The predicted molar refractivity (Wildman–Crippen MR) is 73.3 cm³/mol. The predicted octanol–water partition coefficient (Wildman–Crippen LogP) is 3.46. The summed E-state index contributed by atoms with van der Waals surface area (Å²) in [5.41, 5.74) is 2.23. The third-order valence-electron chi connectivity index (χ3n) is 3.32. The van der Waals surface area contributed by atoms with Gasteiger partial charge >= 0.3 is 0 Å². The Kier molecular flexibility index (Phi) is 3.24. The van der Waals surface area contributed by atoms with Crippen molar-refractivity contribution in [3.63, 3.8) is 0 Å². The number of aromatic nitrogens is 1. The van der Waals surface area contributed by atoms with E-state index in [1.807, 2.05) is 35.0 Å². The molecule has 1 N–H and O–H groups in total. The van der Waals surface area contributed by atoms with Gasteiger partial charge in [-0.15, -0.1) is 0 Å². The van der Waals surface area contributed by atoms with Crippen LogP contribution in [0.1, 0.15) is 11.1 Å². The van der Waals surface area contributed by atoms with E-state index in [0.717, 1.165) is 22.5 Å². The lowest BCUT2D eigenvalue weighted by Gasteiger charge is -2.09. The van der Waals surface area contributed by atoms with Gasteiger partial charge in [0, 0.05) is 24.4 Å². The number of aliphatic hydroxyl groups is 1. The minimum Gasteiger partial charge on any atom is -0.392 e. The molecule has 1 aromatic heterocycles. The summed E-state index contributed by atoms with van der Waals surface area (Å²) in [7, 11) is 0. The number of rotatable bonds is 3. The van der Waals surface area contributed by atoms with E-state index in [-0.39, 0.29) is 6.61 Å². The molecule has 1 heterocycles. The fourth-order valence-corrected chi connectivity index (χ4v) is 2.50. The van der Waals surface area contributed by atoms with Gasteiger partial charge in [0.1, 0.15) is 11.6 Å². The molecule has 0 fully saturated rings. The van der Waals surface area contributed by atoms with E-state index in [1.54, 1.807) is 0 Å². The number of nitrogens with zero attached hydrogens (tertiary/aromatic N) is 1. The maximum absolute atomic E-state index is 13.2. The molecule has 2 aromatic carbocycles. The van der Waals surface area contributed by atoms with Crippen LogP contribution in [0.15, 0.2) is 48.7 Å². The van der Waals surface area contributed by atoms with E-state index in [1.165, 1.54) is 12.1 Å². The Bertz CT molecular complexity index is 744. The standard InChI is InChI=1S/C16H13F2NO/c17-14-6-11(7-15(18)8-14)9-19-5-4-12-2-1-3-13(10-20)16(12)19/h1-8,20H,9-10H2. The molecule has 20 heavy (non-hydrogen) atoms. The van der Waals surface area contributed by atoms with Crippen LogP contribution in [0.25, 0.3) is 10.9 Å². The number of hydrogen-bond donors (Lipinski definition) is 1. The average Bonchev–Trinajstić information content (AvgIpc) is 2.81. The van der Waals surface area contributed by atoms with Gasteiger partial charge in [-0.2, -0.15) is 0 Å². The van der Waals surface area contributed by atoms with Gasteiger partial charge in [-0.05, 0) is 29.1 Å². The van der Waals surface area contributed by atoms with E-state index in [9.17, 15) is 13.9 Å². The molecular weight excluding hydrogens is 260 g/mol. The second-order valence-electron chi connectivity index (χ2n) is 4.73. The molecule has 0 aliphatic rings. The molecule has 4 heteroatoms. The van der Waals surface area contributed by atoms with Crippen molar-refractivity contribution in [2.45, 2.75) is 13.2 Å². The Hall–Kier alpha value is -2.20. The summed E-state index contributed by atoms with van der Waals surface area (Å²) < 4.78 is 28.3. The maximum atomic E-state index is 13.2. The first-order chi connectivity index (χ1) is 9.67. The van der Waals surface area contributed by atoms with Crippen LogP contribution in [0.4, 0.5) is 8.78 Å². The molecular formula is C16H13F2NO. The van der Waals surface area contributed by atoms with E-state index in [4.69, 9.17) is 0 Å². The number of para-hydroxylation sites is 1. The van der Waals surface area contributed by atoms with Crippen LogP contribution >= 0.6 is 0 Å². The van der Waals surface area contributed by atoms with Gasteiger partial charge < -0.3 is 9.67 Å². The van der Waals surface area contributed by atoms with E-state index in [0.29, 0.717) is 12.1 Å². The molecule has 0 saturated carbocycles. The lowest BCUT2D eigenvalue weighted by atomic mass is 10.1. The Labute approximate surface area is 114 Å². The molecule has 0 bridgehead atoms. The second kappa shape index (κ2) is 5.06. The van der Waals surface area contributed by atoms with Gasteiger partial charge in [0.15, 0.2) is 0 Å². The minimum atomic E-state index is -0.584. The van der Waals surface area contributed by atoms with Crippen LogP contribution in [0.2, 0.25) is 0 Å². The van der Waals surface area contributed by atoms with Gasteiger partial charge in [-0.3, -0.25) is 0 Å². The maximum Gasteiger partial charge on any atom is 0.126 e. The highest BCUT2D eigenvalue weighted by molar-refractivity contribution is 5.83. The zero-order valence-corrected chi connectivity index (χ0v) is 10.7. The summed E-state index contributed by atoms with van der Waals surface area (Å²) in [6.07, 6.45) is 1.85. The number of hydrogen-bond acceptors (Lipinski definition) is 1. The summed E-state index contributed by atoms with van der Waals surface area (Å²) in [6.45, 7) is 0.286. The minimum absolute atomic E-state index is 0.0706. The van der Waals surface area contributed by atoms with E-state index in [2.05, 4.69) is 0 Å². The van der Waals surface area contributed by atoms with Crippen molar-refractivity contribution in [1.82, 2.24) is 4.57 Å². The normalized spacial score (nSPS) is 11.2. The van der Waals surface area contributed by atoms with Gasteiger partial charge in [0.25, 0.3) is 0 Å². The fraction of sp³-hybridized carbons (Fsp3) is 0.125. The summed E-state index contributed by atoms with van der Waals surface area (Å²) in [6, 6.07) is 11.1. The van der Waals surface area contributed by atoms with Crippen molar-refractivity contribution in [3.8, 4) is 0 Å².